The van der Waals surface area contributed by atoms with Crippen molar-refractivity contribution in [1.82, 2.24) is 4.90 Å². The van der Waals surface area contributed by atoms with Crippen LogP contribution in [0.4, 0.5) is 4.39 Å². The Hall–Kier alpha value is -1.78. The Morgan fingerprint density at radius 2 is 1.89 bits per heavy atom. The highest BCUT2D eigenvalue weighted by Crippen LogP contribution is 2.53. The van der Waals surface area contributed by atoms with E-state index < -0.39 is 0 Å². The van der Waals surface area contributed by atoms with Gasteiger partial charge in [0.05, 0.1) is 0 Å². The molecule has 3 aliphatic rings. The first kappa shape index (κ1) is 19.5. The lowest BCUT2D eigenvalue weighted by molar-refractivity contribution is 0.103. The fourth-order valence-electron chi connectivity index (χ4n) is 5.62. The molecule has 0 N–H and O–H groups in total. The van der Waals surface area contributed by atoms with Gasteiger partial charge in [-0.1, -0.05) is 18.2 Å². The lowest BCUT2D eigenvalue weighted by Crippen LogP contribution is -2.46. The van der Waals surface area contributed by atoms with Crippen molar-refractivity contribution >= 4 is 12.4 Å². The van der Waals surface area contributed by atoms with Crippen molar-refractivity contribution in [3.05, 3.63) is 58.4 Å². The zero-order valence-corrected chi connectivity index (χ0v) is 17.3. The van der Waals surface area contributed by atoms with Crippen molar-refractivity contribution < 1.29 is 13.9 Å². The summed E-state index contributed by atoms with van der Waals surface area (Å²) in [6, 6.07) is 9.37. The van der Waals surface area contributed by atoms with Crippen molar-refractivity contribution in [2.24, 2.45) is 0 Å². The third-order valence-electron chi connectivity index (χ3n) is 6.74. The summed E-state index contributed by atoms with van der Waals surface area (Å²) < 4.78 is 26.2. The van der Waals surface area contributed by atoms with Crippen LogP contribution in [-0.4, -0.2) is 24.8 Å². The number of hydrogen-bond donors (Lipinski definition) is 0. The zero-order chi connectivity index (χ0) is 18.6. The van der Waals surface area contributed by atoms with Gasteiger partial charge in [0.15, 0.2) is 11.5 Å². The van der Waals surface area contributed by atoms with Crippen LogP contribution >= 0.6 is 12.4 Å². The summed E-state index contributed by atoms with van der Waals surface area (Å²) >= 11 is 0. The number of nitrogens with zero attached hydrogens (tertiary/aromatic N) is 1. The predicted molar refractivity (Wildman–Crippen MR) is 110 cm³/mol. The second kappa shape index (κ2) is 7.23. The number of hydrogen-bond acceptors (Lipinski definition) is 3. The molecule has 0 spiro atoms. The third-order valence-corrected chi connectivity index (χ3v) is 6.74. The Bertz CT molecular complexity index is 896. The Kier molecular flexibility index (Phi) is 5.05. The summed E-state index contributed by atoms with van der Waals surface area (Å²) in [5, 5.41) is 0. The van der Waals surface area contributed by atoms with E-state index in [-0.39, 0.29) is 36.5 Å². The number of aryl methyl sites for hydroxylation is 1. The Morgan fingerprint density at radius 1 is 1.14 bits per heavy atom. The topological polar surface area (TPSA) is 21.7 Å². The predicted octanol–water partition coefficient (Wildman–Crippen LogP) is 5.33. The molecule has 5 rings (SSSR count). The molecule has 2 aromatic rings. The van der Waals surface area contributed by atoms with Crippen molar-refractivity contribution in [3.8, 4) is 11.5 Å². The Balaban J connectivity index is 0.00000192. The van der Waals surface area contributed by atoms with Gasteiger partial charge in [0, 0.05) is 11.1 Å². The van der Waals surface area contributed by atoms with Crippen molar-refractivity contribution in [1.29, 1.82) is 0 Å². The lowest BCUT2D eigenvalue weighted by Gasteiger charge is -2.47. The zero-order valence-electron chi connectivity index (χ0n) is 16.5. The maximum absolute atomic E-state index is 14.7. The van der Waals surface area contributed by atoms with Gasteiger partial charge in [0.2, 0.25) is 6.79 Å². The van der Waals surface area contributed by atoms with E-state index in [9.17, 15) is 4.39 Å². The molecule has 2 atom stereocenters. The van der Waals surface area contributed by atoms with Crippen LogP contribution in [0.3, 0.4) is 0 Å². The van der Waals surface area contributed by atoms with Gasteiger partial charge in [0.25, 0.3) is 0 Å². The van der Waals surface area contributed by atoms with Crippen LogP contribution in [-0.2, 0) is 12.0 Å². The smallest absolute Gasteiger partial charge is 0.231 e. The van der Waals surface area contributed by atoms with Crippen LogP contribution in [0.15, 0.2) is 30.3 Å². The fourth-order valence-corrected chi connectivity index (χ4v) is 5.62. The molecule has 1 aliphatic carbocycles. The van der Waals surface area contributed by atoms with E-state index in [2.05, 4.69) is 24.8 Å². The summed E-state index contributed by atoms with van der Waals surface area (Å²) in [6.45, 7) is 7.01. The summed E-state index contributed by atoms with van der Waals surface area (Å²) in [7, 11) is 0. The van der Waals surface area contributed by atoms with E-state index in [0.717, 1.165) is 43.0 Å². The average Bonchev–Trinajstić information content (AvgIpc) is 3.33. The summed E-state index contributed by atoms with van der Waals surface area (Å²) in [4.78, 5) is 2.61. The van der Waals surface area contributed by atoms with Gasteiger partial charge < -0.3 is 9.47 Å². The van der Waals surface area contributed by atoms with Crippen LogP contribution in [0.25, 0.3) is 0 Å². The molecule has 2 aliphatic heterocycles. The molecule has 0 aromatic heterocycles. The molecule has 2 aromatic carbocycles. The van der Waals surface area contributed by atoms with Crippen molar-refractivity contribution in [3.63, 3.8) is 0 Å². The van der Waals surface area contributed by atoms with E-state index >= 15 is 0 Å². The molecule has 28 heavy (non-hydrogen) atoms. The molecular formula is C23H27ClFNO2. The van der Waals surface area contributed by atoms with Crippen LogP contribution < -0.4 is 9.47 Å². The minimum atomic E-state index is -0.109. The minimum absolute atomic E-state index is 0. The highest BCUT2D eigenvalue weighted by molar-refractivity contribution is 5.85. The van der Waals surface area contributed by atoms with E-state index in [4.69, 9.17) is 9.47 Å². The van der Waals surface area contributed by atoms with Gasteiger partial charge >= 0.3 is 0 Å². The number of likely N-dealkylation sites (tertiary alicyclic amines) is 1. The number of halogens is 2. The summed E-state index contributed by atoms with van der Waals surface area (Å²) in [6.07, 6.45) is 4.20. The summed E-state index contributed by atoms with van der Waals surface area (Å²) in [5.41, 5.74) is 4.57. The fraction of sp³-hybridized carbons (Fsp3) is 0.478. The standard InChI is InChI=1S/C23H26FNO2.ClH/c1-15-11-20-22(27-14-26-20)18-12-16(17-7-3-4-8-19(17)24)13-23(2,21(15)18)25-9-5-6-10-25;/h3-4,7-8,11,16H,5-6,9-10,12-14H2,1-2H3;1H. The van der Waals surface area contributed by atoms with Crippen molar-refractivity contribution in [2.45, 2.75) is 51.0 Å². The highest BCUT2D eigenvalue weighted by Gasteiger charge is 2.45. The number of rotatable bonds is 2. The van der Waals surface area contributed by atoms with E-state index in [1.807, 2.05) is 12.1 Å². The Labute approximate surface area is 172 Å². The molecular weight excluding hydrogens is 377 g/mol. The molecule has 3 nitrogen and oxygen atoms in total. The quantitative estimate of drug-likeness (QED) is 0.676. The first-order chi connectivity index (χ1) is 13.1. The largest absolute Gasteiger partial charge is 0.454 e. The van der Waals surface area contributed by atoms with Gasteiger partial charge in [0.1, 0.15) is 5.82 Å². The van der Waals surface area contributed by atoms with Crippen molar-refractivity contribution in [2.75, 3.05) is 19.9 Å². The monoisotopic (exact) mass is 403 g/mol. The molecule has 150 valence electrons. The summed E-state index contributed by atoms with van der Waals surface area (Å²) in [5.74, 6) is 1.75. The van der Waals surface area contributed by atoms with Crippen LogP contribution in [0.5, 0.6) is 11.5 Å². The average molecular weight is 404 g/mol. The lowest BCUT2D eigenvalue weighted by atomic mass is 9.68. The molecule has 1 saturated heterocycles. The first-order valence-corrected chi connectivity index (χ1v) is 10.00. The molecule has 0 bridgehead atoms. The van der Waals surface area contributed by atoms with Crippen LogP contribution in [0.2, 0.25) is 0 Å². The van der Waals surface area contributed by atoms with Gasteiger partial charge in [-0.2, -0.15) is 0 Å². The maximum atomic E-state index is 14.7. The molecule has 0 radical (unpaired) electrons. The van der Waals surface area contributed by atoms with Crippen LogP contribution in [0, 0.1) is 12.7 Å². The van der Waals surface area contributed by atoms with E-state index in [0.29, 0.717) is 0 Å². The van der Waals surface area contributed by atoms with E-state index in [1.165, 1.54) is 29.5 Å². The molecule has 2 heterocycles. The third kappa shape index (κ3) is 2.89. The van der Waals surface area contributed by atoms with E-state index in [1.54, 1.807) is 12.1 Å². The SMILES string of the molecule is Cc1cc2c(c3c1C(C)(N1CCCC1)CC(c1ccccc1F)C3)OCO2.Cl. The normalized spacial score (nSPS) is 26.0. The second-order valence-corrected chi connectivity index (χ2v) is 8.38. The van der Waals surface area contributed by atoms with Gasteiger partial charge in [-0.15, -0.1) is 12.4 Å². The second-order valence-electron chi connectivity index (χ2n) is 8.38. The molecule has 0 amide bonds. The number of benzene rings is 2. The maximum Gasteiger partial charge on any atom is 0.231 e. The van der Waals surface area contributed by atoms with Gasteiger partial charge in [-0.3, -0.25) is 4.90 Å². The molecule has 5 heteroatoms. The van der Waals surface area contributed by atoms with Gasteiger partial charge in [-0.25, -0.2) is 4.39 Å². The number of fused-ring (bicyclic) bond motifs is 3. The molecule has 2 unspecified atom stereocenters. The molecule has 1 fully saturated rings. The Morgan fingerprint density at radius 3 is 2.64 bits per heavy atom. The highest BCUT2D eigenvalue weighted by atomic mass is 35.5. The van der Waals surface area contributed by atoms with Gasteiger partial charge in [-0.05, 0) is 87.4 Å². The minimum Gasteiger partial charge on any atom is -0.454 e. The van der Waals surface area contributed by atoms with Crippen LogP contribution in [0.1, 0.15) is 54.4 Å². The molecule has 0 saturated carbocycles. The number of ether oxygens (including phenoxy) is 2. The first-order valence-electron chi connectivity index (χ1n) is 10.00.